The molecule has 0 spiro atoms. The molecule has 1 atom stereocenters. The molecule has 0 aliphatic heterocycles. The summed E-state index contributed by atoms with van der Waals surface area (Å²) in [5.74, 6) is -0.487. The molecule has 1 rings (SSSR count). The zero-order chi connectivity index (χ0) is 12.1. The van der Waals surface area contributed by atoms with Gasteiger partial charge in [0.05, 0.1) is 11.7 Å². The molecule has 0 fully saturated rings. The Morgan fingerprint density at radius 3 is 2.88 bits per heavy atom. The molecule has 0 saturated heterocycles. The number of aromatic hydroxyl groups is 1. The van der Waals surface area contributed by atoms with Crippen LogP contribution in [-0.4, -0.2) is 17.2 Å². The third kappa shape index (κ3) is 3.15. The van der Waals surface area contributed by atoms with Crippen LogP contribution < -0.4 is 5.73 Å². The number of nitrogen functional groups attached to an aromatic ring is 1. The van der Waals surface area contributed by atoms with E-state index in [4.69, 9.17) is 10.5 Å². The second kappa shape index (κ2) is 5.39. The topological polar surface area (TPSA) is 72.5 Å². The average molecular weight is 223 g/mol. The maximum atomic E-state index is 11.7. The Labute approximate surface area is 95.0 Å². The molecule has 0 bridgehead atoms. The van der Waals surface area contributed by atoms with Gasteiger partial charge in [-0.1, -0.05) is 13.3 Å². The number of rotatable bonds is 4. The number of phenols is 1. The number of phenolic OH excluding ortho intramolecular Hbond substituents is 1. The van der Waals surface area contributed by atoms with Crippen LogP contribution in [0.3, 0.4) is 0 Å². The summed E-state index contributed by atoms with van der Waals surface area (Å²) in [7, 11) is 0. The number of benzene rings is 1. The van der Waals surface area contributed by atoms with Crippen molar-refractivity contribution in [3.63, 3.8) is 0 Å². The van der Waals surface area contributed by atoms with Gasteiger partial charge in [-0.2, -0.15) is 0 Å². The monoisotopic (exact) mass is 223 g/mol. The lowest BCUT2D eigenvalue weighted by molar-refractivity contribution is 0.0324. The number of nitrogens with two attached hydrogens (primary N) is 1. The molecular formula is C12H17NO3. The van der Waals surface area contributed by atoms with Crippen molar-refractivity contribution in [3.8, 4) is 5.75 Å². The van der Waals surface area contributed by atoms with E-state index in [9.17, 15) is 9.90 Å². The highest BCUT2D eigenvalue weighted by atomic mass is 16.5. The molecule has 0 saturated carbocycles. The molecule has 88 valence electrons. The molecule has 4 heteroatoms. The minimum absolute atomic E-state index is 0.00398. The quantitative estimate of drug-likeness (QED) is 0.466. The van der Waals surface area contributed by atoms with E-state index in [1.54, 1.807) is 0 Å². The SMILES string of the molecule is CCCC(C)OC(=O)c1cc(O)ccc1N. The summed E-state index contributed by atoms with van der Waals surface area (Å²) >= 11 is 0. The zero-order valence-electron chi connectivity index (χ0n) is 9.56. The van der Waals surface area contributed by atoms with E-state index >= 15 is 0 Å². The summed E-state index contributed by atoms with van der Waals surface area (Å²) in [6.45, 7) is 3.85. The predicted octanol–water partition coefficient (Wildman–Crippen LogP) is 2.32. The lowest BCUT2D eigenvalue weighted by atomic mass is 10.1. The predicted molar refractivity (Wildman–Crippen MR) is 62.3 cm³/mol. The van der Waals surface area contributed by atoms with Crippen LogP contribution in [0.1, 0.15) is 37.0 Å². The van der Waals surface area contributed by atoms with Crippen LogP contribution in [0.5, 0.6) is 5.75 Å². The third-order valence-corrected chi connectivity index (χ3v) is 2.26. The van der Waals surface area contributed by atoms with Crippen molar-refractivity contribution in [2.45, 2.75) is 32.8 Å². The van der Waals surface area contributed by atoms with Gasteiger partial charge in [-0.15, -0.1) is 0 Å². The number of ether oxygens (including phenoxy) is 1. The normalized spacial score (nSPS) is 12.1. The van der Waals surface area contributed by atoms with Crippen LogP contribution >= 0.6 is 0 Å². The maximum absolute atomic E-state index is 11.7. The minimum atomic E-state index is -0.491. The molecule has 1 aromatic carbocycles. The van der Waals surface area contributed by atoms with Gasteiger partial charge < -0.3 is 15.6 Å². The fourth-order valence-corrected chi connectivity index (χ4v) is 1.43. The van der Waals surface area contributed by atoms with Gasteiger partial charge in [-0.25, -0.2) is 4.79 Å². The molecule has 0 aliphatic carbocycles. The van der Waals surface area contributed by atoms with E-state index in [1.165, 1.54) is 18.2 Å². The van der Waals surface area contributed by atoms with Crippen molar-refractivity contribution >= 4 is 11.7 Å². The van der Waals surface area contributed by atoms with Crippen LogP contribution in [0.15, 0.2) is 18.2 Å². The Morgan fingerprint density at radius 1 is 1.56 bits per heavy atom. The summed E-state index contributed by atoms with van der Waals surface area (Å²) in [6, 6.07) is 4.23. The third-order valence-electron chi connectivity index (χ3n) is 2.26. The lowest BCUT2D eigenvalue weighted by Gasteiger charge is -2.13. The van der Waals surface area contributed by atoms with Gasteiger partial charge in [-0.3, -0.25) is 0 Å². The van der Waals surface area contributed by atoms with E-state index in [0.717, 1.165) is 12.8 Å². The first kappa shape index (κ1) is 12.4. The van der Waals surface area contributed by atoms with Crippen molar-refractivity contribution in [3.05, 3.63) is 23.8 Å². The van der Waals surface area contributed by atoms with Crippen LogP contribution in [0, 0.1) is 0 Å². The molecule has 4 nitrogen and oxygen atoms in total. The number of hydrogen-bond donors (Lipinski definition) is 2. The number of carbonyl (C=O) groups is 1. The number of anilines is 1. The van der Waals surface area contributed by atoms with E-state index in [-0.39, 0.29) is 17.4 Å². The van der Waals surface area contributed by atoms with Crippen molar-refractivity contribution in [2.75, 3.05) is 5.73 Å². The van der Waals surface area contributed by atoms with Gasteiger partial charge in [0.2, 0.25) is 0 Å². The van der Waals surface area contributed by atoms with Gasteiger partial charge in [-0.05, 0) is 31.5 Å². The number of hydrogen-bond acceptors (Lipinski definition) is 4. The second-order valence-corrected chi connectivity index (χ2v) is 3.78. The summed E-state index contributed by atoms with van der Waals surface area (Å²) < 4.78 is 5.18. The van der Waals surface area contributed by atoms with Gasteiger partial charge in [0.1, 0.15) is 5.75 Å². The number of carbonyl (C=O) groups excluding carboxylic acids is 1. The highest BCUT2D eigenvalue weighted by Gasteiger charge is 2.14. The molecule has 3 N–H and O–H groups in total. The smallest absolute Gasteiger partial charge is 0.340 e. The molecule has 0 aromatic heterocycles. The first-order valence-corrected chi connectivity index (χ1v) is 5.34. The van der Waals surface area contributed by atoms with Crippen LogP contribution in [0.25, 0.3) is 0 Å². The molecule has 1 unspecified atom stereocenters. The molecule has 0 amide bonds. The summed E-state index contributed by atoms with van der Waals surface area (Å²) in [4.78, 5) is 11.7. The minimum Gasteiger partial charge on any atom is -0.508 e. The first-order valence-electron chi connectivity index (χ1n) is 5.34. The van der Waals surface area contributed by atoms with Crippen molar-refractivity contribution in [1.29, 1.82) is 0 Å². The lowest BCUT2D eigenvalue weighted by Crippen LogP contribution is -2.15. The summed E-state index contributed by atoms with van der Waals surface area (Å²) in [5, 5.41) is 9.26. The van der Waals surface area contributed by atoms with Crippen LogP contribution in [0.4, 0.5) is 5.69 Å². The molecule has 1 aromatic rings. The van der Waals surface area contributed by atoms with Crippen molar-refractivity contribution in [1.82, 2.24) is 0 Å². The van der Waals surface area contributed by atoms with Gasteiger partial charge in [0.25, 0.3) is 0 Å². The summed E-state index contributed by atoms with van der Waals surface area (Å²) in [6.07, 6.45) is 1.62. The van der Waals surface area contributed by atoms with Crippen LogP contribution in [0.2, 0.25) is 0 Å². The largest absolute Gasteiger partial charge is 0.508 e. The van der Waals surface area contributed by atoms with Gasteiger partial charge in [0, 0.05) is 5.69 Å². The van der Waals surface area contributed by atoms with Crippen molar-refractivity contribution < 1.29 is 14.6 Å². The Bertz CT molecular complexity index is 377. The number of esters is 1. The highest BCUT2D eigenvalue weighted by molar-refractivity contribution is 5.95. The standard InChI is InChI=1S/C12H17NO3/c1-3-4-8(2)16-12(15)10-7-9(14)5-6-11(10)13/h5-8,14H,3-4,13H2,1-2H3. The summed E-state index contributed by atoms with van der Waals surface area (Å²) in [5.41, 5.74) is 6.15. The fraction of sp³-hybridized carbons (Fsp3) is 0.417. The van der Waals surface area contributed by atoms with E-state index < -0.39 is 5.97 Å². The Kier molecular flexibility index (Phi) is 4.17. The molecule has 0 aliphatic rings. The second-order valence-electron chi connectivity index (χ2n) is 3.78. The Balaban J connectivity index is 2.76. The Morgan fingerprint density at radius 2 is 2.25 bits per heavy atom. The molecule has 16 heavy (non-hydrogen) atoms. The Hall–Kier alpha value is -1.71. The average Bonchev–Trinajstić information content (AvgIpc) is 2.21. The first-order chi connectivity index (χ1) is 7.54. The van der Waals surface area contributed by atoms with E-state index in [0.29, 0.717) is 5.69 Å². The van der Waals surface area contributed by atoms with Crippen molar-refractivity contribution in [2.24, 2.45) is 0 Å². The maximum Gasteiger partial charge on any atom is 0.340 e. The van der Waals surface area contributed by atoms with E-state index in [2.05, 4.69) is 0 Å². The van der Waals surface area contributed by atoms with Gasteiger partial charge >= 0.3 is 5.97 Å². The molecule has 0 heterocycles. The van der Waals surface area contributed by atoms with Gasteiger partial charge in [0.15, 0.2) is 0 Å². The van der Waals surface area contributed by atoms with Crippen LogP contribution in [-0.2, 0) is 4.74 Å². The highest BCUT2D eigenvalue weighted by Crippen LogP contribution is 2.20. The van der Waals surface area contributed by atoms with E-state index in [1.807, 2.05) is 13.8 Å². The zero-order valence-corrected chi connectivity index (χ0v) is 9.56. The fourth-order valence-electron chi connectivity index (χ4n) is 1.43. The molecule has 0 radical (unpaired) electrons. The molecular weight excluding hydrogens is 206 g/mol.